The fraction of sp³-hybridized carbons (Fsp3) is 0.125. The Bertz CT molecular complexity index is 1030. The van der Waals surface area contributed by atoms with E-state index in [4.69, 9.17) is 4.74 Å². The predicted molar refractivity (Wildman–Crippen MR) is 93.2 cm³/mol. The molecule has 0 spiro atoms. The van der Waals surface area contributed by atoms with E-state index in [-0.39, 0.29) is 11.0 Å². The van der Waals surface area contributed by atoms with Gasteiger partial charge in [0.25, 0.3) is 5.56 Å². The molecule has 0 saturated carbocycles. The van der Waals surface area contributed by atoms with Gasteiger partial charge in [-0.05, 0) is 18.4 Å². The van der Waals surface area contributed by atoms with Gasteiger partial charge >= 0.3 is 5.69 Å². The second-order valence-corrected chi connectivity index (χ2v) is 5.56. The van der Waals surface area contributed by atoms with E-state index in [0.29, 0.717) is 23.2 Å². The molecule has 0 aliphatic carbocycles. The summed E-state index contributed by atoms with van der Waals surface area (Å²) in [5.74, 6) is 0.535. The molecule has 24 heavy (non-hydrogen) atoms. The van der Waals surface area contributed by atoms with Gasteiger partial charge in [-0.15, -0.1) is 0 Å². The molecular weight excluding hydrogens is 328 g/mol. The zero-order valence-electron chi connectivity index (χ0n) is 12.9. The smallest absolute Gasteiger partial charge is 0.334 e. The van der Waals surface area contributed by atoms with Crippen LogP contribution in [0.15, 0.2) is 57.9 Å². The maximum atomic E-state index is 12.7. The minimum atomic E-state index is -0.570. The molecule has 122 valence electrons. The number of rotatable bonds is 5. The fourth-order valence-electron chi connectivity index (χ4n) is 2.19. The van der Waals surface area contributed by atoms with Crippen molar-refractivity contribution in [2.75, 3.05) is 12.9 Å². The molecule has 2 aromatic heterocycles. The van der Waals surface area contributed by atoms with E-state index in [1.807, 2.05) is 6.26 Å². The lowest BCUT2D eigenvalue weighted by Gasteiger charge is -2.08. The number of aromatic nitrogens is 4. The first-order valence-corrected chi connectivity index (χ1v) is 8.26. The summed E-state index contributed by atoms with van der Waals surface area (Å²) >= 11 is 1.33. The lowest BCUT2D eigenvalue weighted by Crippen LogP contribution is -2.34. The van der Waals surface area contributed by atoms with Crippen LogP contribution in [0.5, 0.6) is 5.75 Å². The Balaban J connectivity index is 2.18. The summed E-state index contributed by atoms with van der Waals surface area (Å²) in [6.07, 6.45) is 4.85. The highest BCUT2D eigenvalue weighted by Gasteiger charge is 2.12. The van der Waals surface area contributed by atoms with Gasteiger partial charge in [-0.1, -0.05) is 30.5 Å². The third-order valence-electron chi connectivity index (χ3n) is 3.25. The first kappa shape index (κ1) is 16.0. The van der Waals surface area contributed by atoms with E-state index in [9.17, 15) is 9.59 Å². The van der Waals surface area contributed by atoms with Gasteiger partial charge in [0.05, 0.1) is 5.69 Å². The van der Waals surface area contributed by atoms with Gasteiger partial charge in [0.1, 0.15) is 17.7 Å². The summed E-state index contributed by atoms with van der Waals surface area (Å²) in [6, 6.07) is 6.71. The van der Waals surface area contributed by atoms with Crippen LogP contribution in [0.25, 0.3) is 16.7 Å². The Kier molecular flexibility index (Phi) is 4.48. The van der Waals surface area contributed by atoms with Gasteiger partial charge in [0, 0.05) is 12.3 Å². The summed E-state index contributed by atoms with van der Waals surface area (Å²) in [5.41, 5.74) is -0.431. The number of hydrogen-bond donors (Lipinski definition) is 1. The first-order valence-electron chi connectivity index (χ1n) is 7.04. The molecule has 8 heteroatoms. The van der Waals surface area contributed by atoms with Gasteiger partial charge in [-0.2, -0.15) is 0 Å². The quantitative estimate of drug-likeness (QED) is 0.432. The van der Waals surface area contributed by atoms with Gasteiger partial charge in [0.15, 0.2) is 10.8 Å². The fourth-order valence-corrected chi connectivity index (χ4v) is 2.53. The zero-order chi connectivity index (χ0) is 17.1. The third-order valence-corrected chi connectivity index (χ3v) is 3.82. The average Bonchev–Trinajstić information content (AvgIpc) is 2.59. The highest BCUT2D eigenvalue weighted by molar-refractivity contribution is 7.98. The highest BCUT2D eigenvalue weighted by atomic mass is 32.2. The van der Waals surface area contributed by atoms with Crippen molar-refractivity contribution in [3.8, 4) is 11.4 Å². The number of benzene rings is 1. The van der Waals surface area contributed by atoms with Crippen LogP contribution in [-0.4, -0.2) is 32.4 Å². The van der Waals surface area contributed by atoms with Crippen LogP contribution in [0.1, 0.15) is 0 Å². The van der Waals surface area contributed by atoms with Crippen LogP contribution in [-0.2, 0) is 0 Å². The van der Waals surface area contributed by atoms with E-state index in [2.05, 4.69) is 21.5 Å². The first-order chi connectivity index (χ1) is 11.6. The third kappa shape index (κ3) is 2.95. The van der Waals surface area contributed by atoms with Gasteiger partial charge in [-0.3, -0.25) is 9.78 Å². The summed E-state index contributed by atoms with van der Waals surface area (Å²) in [6.45, 7) is 3.91. The van der Waals surface area contributed by atoms with Crippen LogP contribution in [0, 0.1) is 0 Å². The van der Waals surface area contributed by atoms with Gasteiger partial charge in [-0.25, -0.2) is 19.3 Å². The maximum absolute atomic E-state index is 12.7. The molecule has 0 amide bonds. The molecule has 3 rings (SSSR count). The van der Waals surface area contributed by atoms with Crippen LogP contribution in [0.3, 0.4) is 0 Å². The van der Waals surface area contributed by atoms with Crippen molar-refractivity contribution in [1.29, 1.82) is 0 Å². The number of thioether (sulfide) groups is 1. The molecule has 0 aliphatic heterocycles. The lowest BCUT2D eigenvalue weighted by molar-refractivity contribution is 0.363. The lowest BCUT2D eigenvalue weighted by atomic mass is 10.3. The summed E-state index contributed by atoms with van der Waals surface area (Å²) in [4.78, 5) is 35.9. The Morgan fingerprint density at radius 1 is 1.42 bits per heavy atom. The number of aromatic amines is 1. The Morgan fingerprint density at radius 2 is 2.25 bits per heavy atom. The minimum Gasteiger partial charge on any atom is -0.489 e. The van der Waals surface area contributed by atoms with E-state index in [1.165, 1.54) is 18.0 Å². The second-order valence-electron chi connectivity index (χ2n) is 4.79. The van der Waals surface area contributed by atoms with Crippen molar-refractivity contribution >= 4 is 22.8 Å². The molecule has 3 aromatic rings. The highest BCUT2D eigenvalue weighted by Crippen LogP contribution is 2.16. The van der Waals surface area contributed by atoms with E-state index < -0.39 is 11.2 Å². The molecule has 0 bridgehead atoms. The van der Waals surface area contributed by atoms with E-state index in [0.717, 1.165) is 4.57 Å². The number of nitrogens with zero attached hydrogens (tertiary/aromatic N) is 3. The van der Waals surface area contributed by atoms with Crippen molar-refractivity contribution in [2.45, 2.75) is 5.16 Å². The maximum Gasteiger partial charge on any atom is 0.334 e. The standard InChI is InChI=1S/C16H14N4O3S/c1-3-7-23-11-6-4-5-10(8-11)20-14(21)12-9-17-15(24-2)18-13(12)19-16(20)22/h3-6,8-9H,1,7H2,2H3,(H,17,18,19,22). The number of ether oxygens (including phenoxy) is 1. The zero-order valence-corrected chi connectivity index (χ0v) is 13.7. The molecule has 2 heterocycles. The van der Waals surface area contributed by atoms with Crippen LogP contribution in [0.4, 0.5) is 0 Å². The number of hydrogen-bond acceptors (Lipinski definition) is 6. The Hall–Kier alpha value is -2.87. The molecule has 1 aromatic carbocycles. The van der Waals surface area contributed by atoms with E-state index in [1.54, 1.807) is 30.3 Å². The van der Waals surface area contributed by atoms with Crippen LogP contribution < -0.4 is 16.0 Å². The van der Waals surface area contributed by atoms with Gasteiger partial charge < -0.3 is 4.74 Å². The molecule has 7 nitrogen and oxygen atoms in total. The van der Waals surface area contributed by atoms with Crippen molar-refractivity contribution in [1.82, 2.24) is 19.5 Å². The molecule has 0 unspecified atom stereocenters. The predicted octanol–water partition coefficient (Wildman–Crippen LogP) is 1.76. The summed E-state index contributed by atoms with van der Waals surface area (Å²) in [7, 11) is 0. The molecule has 0 saturated heterocycles. The summed E-state index contributed by atoms with van der Waals surface area (Å²) in [5, 5.41) is 0.722. The molecule has 0 aliphatic rings. The number of H-pyrrole nitrogens is 1. The van der Waals surface area contributed by atoms with Gasteiger partial charge in [0.2, 0.25) is 0 Å². The van der Waals surface area contributed by atoms with E-state index >= 15 is 0 Å². The Morgan fingerprint density at radius 3 is 3.00 bits per heavy atom. The average molecular weight is 342 g/mol. The number of fused-ring (bicyclic) bond motifs is 1. The Labute approximate surface area is 141 Å². The van der Waals surface area contributed by atoms with Crippen LogP contribution in [0.2, 0.25) is 0 Å². The molecule has 1 N–H and O–H groups in total. The normalized spacial score (nSPS) is 10.7. The monoisotopic (exact) mass is 342 g/mol. The number of nitrogens with one attached hydrogen (secondary N) is 1. The molecule has 0 atom stereocenters. The van der Waals surface area contributed by atoms with Crippen molar-refractivity contribution in [3.05, 3.63) is 64.0 Å². The largest absolute Gasteiger partial charge is 0.489 e. The van der Waals surface area contributed by atoms with Crippen molar-refractivity contribution in [2.24, 2.45) is 0 Å². The molecular formula is C16H14N4O3S. The van der Waals surface area contributed by atoms with Crippen LogP contribution >= 0.6 is 11.8 Å². The second kappa shape index (κ2) is 6.71. The topological polar surface area (TPSA) is 89.9 Å². The molecule has 0 fully saturated rings. The van der Waals surface area contributed by atoms with Crippen molar-refractivity contribution in [3.63, 3.8) is 0 Å². The molecule has 0 radical (unpaired) electrons. The van der Waals surface area contributed by atoms with Crippen molar-refractivity contribution < 1.29 is 4.74 Å². The summed E-state index contributed by atoms with van der Waals surface area (Å²) < 4.78 is 6.47. The minimum absolute atomic E-state index is 0.222. The SMILES string of the molecule is C=CCOc1cccc(-n2c(=O)[nH]c3nc(SC)ncc3c2=O)c1.